The second kappa shape index (κ2) is 6.36. The first-order chi connectivity index (χ1) is 8.80. The summed E-state index contributed by atoms with van der Waals surface area (Å²) < 4.78 is 26.3. The van der Waals surface area contributed by atoms with Gasteiger partial charge in [-0.3, -0.25) is 0 Å². The molecule has 0 saturated carbocycles. The van der Waals surface area contributed by atoms with Crippen molar-refractivity contribution in [3.63, 3.8) is 0 Å². The number of urea groups is 1. The molecule has 19 heavy (non-hydrogen) atoms. The number of amides is 2. The van der Waals surface area contributed by atoms with Gasteiger partial charge in [0.1, 0.15) is 0 Å². The lowest BCUT2D eigenvalue weighted by Gasteiger charge is -2.29. The minimum absolute atomic E-state index is 0.0977. The molecule has 106 valence electrons. The summed E-state index contributed by atoms with van der Waals surface area (Å²) >= 11 is 3.23. The van der Waals surface area contributed by atoms with E-state index in [1.807, 2.05) is 6.92 Å². The van der Waals surface area contributed by atoms with Crippen molar-refractivity contribution in [3.8, 4) is 0 Å². The summed E-state index contributed by atoms with van der Waals surface area (Å²) in [7, 11) is -2.48. The molecule has 1 aromatic carbocycles. The summed E-state index contributed by atoms with van der Waals surface area (Å²) in [6.45, 7) is 2.07. The Balaban J connectivity index is 3.11. The zero-order valence-electron chi connectivity index (χ0n) is 10.7. The Kier molecular flexibility index (Phi) is 5.33. The molecule has 1 rings (SSSR count). The fourth-order valence-corrected chi connectivity index (χ4v) is 2.96. The number of nitrogens with two attached hydrogens (primary N) is 1. The van der Waals surface area contributed by atoms with Gasteiger partial charge < -0.3 is 5.73 Å². The van der Waals surface area contributed by atoms with Crippen molar-refractivity contribution < 1.29 is 13.2 Å². The fourth-order valence-electron chi connectivity index (χ4n) is 1.49. The Hall–Kier alpha value is -1.12. The molecule has 0 aliphatic heterocycles. The van der Waals surface area contributed by atoms with Gasteiger partial charge in [0.15, 0.2) is 0 Å². The largest absolute Gasteiger partial charge is 0.350 e. The third-order valence-corrected chi connectivity index (χ3v) is 4.78. The first-order valence-corrected chi connectivity index (χ1v) is 7.85. The summed E-state index contributed by atoms with van der Waals surface area (Å²) in [5.41, 5.74) is 5.20. The van der Waals surface area contributed by atoms with Crippen LogP contribution in [-0.4, -0.2) is 37.5 Å². The van der Waals surface area contributed by atoms with Gasteiger partial charge in [0.05, 0.1) is 4.90 Å². The number of carbonyl (C=O) groups excluding carboxylic acids is 1. The molecule has 1 aromatic rings. The van der Waals surface area contributed by atoms with Crippen molar-refractivity contribution in [3.05, 3.63) is 28.7 Å². The zero-order valence-corrected chi connectivity index (χ0v) is 13.1. The summed E-state index contributed by atoms with van der Waals surface area (Å²) in [6.07, 6.45) is 0.600. The quantitative estimate of drug-likeness (QED) is 0.822. The first-order valence-electron chi connectivity index (χ1n) is 5.62. The molecule has 0 atom stereocenters. The van der Waals surface area contributed by atoms with Gasteiger partial charge >= 0.3 is 6.03 Å². The van der Waals surface area contributed by atoms with Crippen molar-refractivity contribution in [1.82, 2.24) is 9.42 Å². The Bertz CT molecular complexity index is 545. The van der Waals surface area contributed by atoms with E-state index in [0.717, 1.165) is 13.9 Å². The topological polar surface area (TPSA) is 83.7 Å². The standard InChI is InChI=1S/C11H16BrN3O3S/c1-3-8-15(11(13)16)14(2)19(17,18)10-6-4-9(12)5-7-10/h4-7H,3,8H2,1-2H3,(H2,13,16). The Morgan fingerprint density at radius 3 is 2.26 bits per heavy atom. The van der Waals surface area contributed by atoms with Crippen LogP contribution in [0.4, 0.5) is 4.79 Å². The number of primary amides is 1. The number of sulfonamides is 1. The van der Waals surface area contributed by atoms with Gasteiger partial charge in [0.2, 0.25) is 0 Å². The van der Waals surface area contributed by atoms with E-state index in [-0.39, 0.29) is 11.4 Å². The van der Waals surface area contributed by atoms with Gasteiger partial charge in [-0.15, -0.1) is 4.41 Å². The van der Waals surface area contributed by atoms with Gasteiger partial charge in [-0.25, -0.2) is 18.2 Å². The van der Waals surface area contributed by atoms with Crippen LogP contribution in [0.2, 0.25) is 0 Å². The van der Waals surface area contributed by atoms with E-state index in [9.17, 15) is 13.2 Å². The highest BCUT2D eigenvalue weighted by Crippen LogP contribution is 2.19. The van der Waals surface area contributed by atoms with Crippen LogP contribution in [0.15, 0.2) is 33.6 Å². The van der Waals surface area contributed by atoms with Crippen LogP contribution in [0.3, 0.4) is 0 Å². The number of nitrogens with zero attached hydrogens (tertiary/aromatic N) is 2. The summed E-state index contributed by atoms with van der Waals surface area (Å²) in [5, 5.41) is 0.997. The second-order valence-electron chi connectivity index (χ2n) is 3.85. The van der Waals surface area contributed by atoms with Crippen LogP contribution >= 0.6 is 15.9 Å². The van der Waals surface area contributed by atoms with E-state index < -0.39 is 16.1 Å². The number of hydrazine groups is 1. The van der Waals surface area contributed by atoms with E-state index in [2.05, 4.69) is 15.9 Å². The molecule has 6 nitrogen and oxygen atoms in total. The highest BCUT2D eigenvalue weighted by molar-refractivity contribution is 9.10. The predicted octanol–water partition coefficient (Wildman–Crippen LogP) is 1.78. The van der Waals surface area contributed by atoms with E-state index >= 15 is 0 Å². The molecular weight excluding hydrogens is 334 g/mol. The lowest BCUT2D eigenvalue weighted by atomic mass is 10.4. The van der Waals surface area contributed by atoms with E-state index in [4.69, 9.17) is 5.73 Å². The number of hydrogen-bond donors (Lipinski definition) is 1. The molecule has 8 heteroatoms. The van der Waals surface area contributed by atoms with Crippen molar-refractivity contribution in [2.45, 2.75) is 18.2 Å². The summed E-state index contributed by atoms with van der Waals surface area (Å²) in [5.74, 6) is 0. The van der Waals surface area contributed by atoms with Crippen molar-refractivity contribution in [1.29, 1.82) is 0 Å². The van der Waals surface area contributed by atoms with Crippen molar-refractivity contribution in [2.24, 2.45) is 5.73 Å². The smallest absolute Gasteiger partial charge is 0.330 e. The van der Waals surface area contributed by atoms with Crippen LogP contribution in [0.5, 0.6) is 0 Å². The molecule has 2 amide bonds. The average molecular weight is 350 g/mol. The fraction of sp³-hybridized carbons (Fsp3) is 0.364. The lowest BCUT2D eigenvalue weighted by molar-refractivity contribution is 0.117. The van der Waals surface area contributed by atoms with E-state index in [1.165, 1.54) is 19.2 Å². The maximum Gasteiger partial charge on any atom is 0.330 e. The molecule has 0 saturated heterocycles. The highest BCUT2D eigenvalue weighted by Gasteiger charge is 2.28. The monoisotopic (exact) mass is 349 g/mol. The third-order valence-electron chi connectivity index (χ3n) is 2.49. The number of benzene rings is 1. The average Bonchev–Trinajstić information content (AvgIpc) is 2.35. The number of halogens is 1. The first kappa shape index (κ1) is 15.9. The van der Waals surface area contributed by atoms with Crippen molar-refractivity contribution in [2.75, 3.05) is 13.6 Å². The van der Waals surface area contributed by atoms with Crippen LogP contribution < -0.4 is 5.73 Å². The molecule has 0 radical (unpaired) electrons. The number of rotatable bonds is 5. The number of carbonyl (C=O) groups is 1. The second-order valence-corrected chi connectivity index (χ2v) is 6.72. The Labute approximate surface area is 121 Å². The minimum atomic E-state index is -3.78. The van der Waals surface area contributed by atoms with Crippen LogP contribution in [-0.2, 0) is 10.0 Å². The van der Waals surface area contributed by atoms with Gasteiger partial charge in [-0.05, 0) is 30.7 Å². The molecule has 0 fully saturated rings. The summed E-state index contributed by atoms with van der Waals surface area (Å²) in [6, 6.07) is 5.36. The molecule has 0 spiro atoms. The van der Waals surface area contributed by atoms with Gasteiger partial charge in [0, 0.05) is 18.1 Å². The Morgan fingerprint density at radius 1 is 1.32 bits per heavy atom. The molecule has 0 bridgehead atoms. The lowest BCUT2D eigenvalue weighted by Crippen LogP contribution is -2.50. The molecule has 0 aliphatic rings. The maximum atomic E-state index is 12.3. The molecule has 2 N–H and O–H groups in total. The third kappa shape index (κ3) is 3.68. The van der Waals surface area contributed by atoms with Gasteiger partial charge in [-0.2, -0.15) is 0 Å². The molecule has 0 unspecified atom stereocenters. The zero-order chi connectivity index (χ0) is 14.6. The van der Waals surface area contributed by atoms with Gasteiger partial charge in [0.25, 0.3) is 10.0 Å². The Morgan fingerprint density at radius 2 is 1.84 bits per heavy atom. The van der Waals surface area contributed by atoms with Crippen LogP contribution in [0.1, 0.15) is 13.3 Å². The van der Waals surface area contributed by atoms with E-state index in [0.29, 0.717) is 6.42 Å². The van der Waals surface area contributed by atoms with Crippen LogP contribution in [0.25, 0.3) is 0 Å². The SMILES string of the molecule is CCCN(C(N)=O)N(C)S(=O)(=O)c1ccc(Br)cc1. The minimum Gasteiger partial charge on any atom is -0.350 e. The molecule has 0 aliphatic carbocycles. The highest BCUT2D eigenvalue weighted by atomic mass is 79.9. The normalized spacial score (nSPS) is 11.6. The van der Waals surface area contributed by atoms with Crippen LogP contribution in [0, 0.1) is 0 Å². The summed E-state index contributed by atoms with van der Waals surface area (Å²) in [4.78, 5) is 11.4. The number of hydrogen-bond acceptors (Lipinski definition) is 3. The van der Waals surface area contributed by atoms with Gasteiger partial charge in [-0.1, -0.05) is 22.9 Å². The van der Waals surface area contributed by atoms with Crippen molar-refractivity contribution >= 4 is 32.0 Å². The molecule has 0 heterocycles. The van der Waals surface area contributed by atoms with E-state index in [1.54, 1.807) is 12.1 Å². The molecular formula is C11H16BrN3O3S. The predicted molar refractivity (Wildman–Crippen MR) is 75.7 cm³/mol. The molecule has 0 aromatic heterocycles. The maximum absolute atomic E-state index is 12.3.